The van der Waals surface area contributed by atoms with E-state index in [4.69, 9.17) is 14.6 Å². The number of ether oxygens (including phenoxy) is 2. The van der Waals surface area contributed by atoms with E-state index in [0.29, 0.717) is 12.1 Å². The summed E-state index contributed by atoms with van der Waals surface area (Å²) < 4.78 is 11.1. The Morgan fingerprint density at radius 2 is 2.19 bits per heavy atom. The molecular formula is C12H23NO3. The van der Waals surface area contributed by atoms with Crippen molar-refractivity contribution in [2.24, 2.45) is 0 Å². The van der Waals surface area contributed by atoms with Crippen molar-refractivity contribution < 1.29 is 14.6 Å². The molecule has 2 fully saturated rings. The molecule has 0 radical (unpaired) electrons. The quantitative estimate of drug-likeness (QED) is 0.768. The highest BCUT2D eigenvalue weighted by molar-refractivity contribution is 4.78. The molecule has 0 bridgehead atoms. The van der Waals surface area contributed by atoms with Gasteiger partial charge in [0.25, 0.3) is 0 Å². The molecule has 0 aliphatic carbocycles. The van der Waals surface area contributed by atoms with Crippen LogP contribution in [0.5, 0.6) is 0 Å². The minimum atomic E-state index is 0.000645. The van der Waals surface area contributed by atoms with Gasteiger partial charge in [0.1, 0.15) is 0 Å². The van der Waals surface area contributed by atoms with E-state index in [1.807, 2.05) is 0 Å². The Labute approximate surface area is 97.5 Å². The summed E-state index contributed by atoms with van der Waals surface area (Å²) in [4.78, 5) is 2.41. The summed E-state index contributed by atoms with van der Waals surface area (Å²) in [6, 6.07) is 0.462. The summed E-state index contributed by atoms with van der Waals surface area (Å²) in [7, 11) is 0. The smallest absolute Gasteiger partial charge is 0.0933 e. The topological polar surface area (TPSA) is 41.9 Å². The lowest BCUT2D eigenvalue weighted by Gasteiger charge is -2.37. The van der Waals surface area contributed by atoms with Gasteiger partial charge in [0, 0.05) is 25.7 Å². The predicted octanol–water partition coefficient (Wildman–Crippen LogP) is 0.637. The van der Waals surface area contributed by atoms with Crippen molar-refractivity contribution in [1.29, 1.82) is 0 Å². The SMILES string of the molecule is CC1COC(CO)CN1CCC1CCCO1. The fourth-order valence-electron chi connectivity index (χ4n) is 2.48. The number of aliphatic hydroxyl groups excluding tert-OH is 1. The first-order valence-electron chi connectivity index (χ1n) is 6.37. The fourth-order valence-corrected chi connectivity index (χ4v) is 2.48. The van der Waals surface area contributed by atoms with E-state index >= 15 is 0 Å². The summed E-state index contributed by atoms with van der Waals surface area (Å²) >= 11 is 0. The van der Waals surface area contributed by atoms with Crippen molar-refractivity contribution in [2.45, 2.75) is 44.4 Å². The highest BCUT2D eigenvalue weighted by atomic mass is 16.5. The van der Waals surface area contributed by atoms with Gasteiger partial charge in [-0.25, -0.2) is 0 Å². The van der Waals surface area contributed by atoms with Crippen LogP contribution >= 0.6 is 0 Å². The van der Waals surface area contributed by atoms with Gasteiger partial charge in [-0.1, -0.05) is 0 Å². The lowest BCUT2D eigenvalue weighted by Crippen LogP contribution is -2.50. The Kier molecular flexibility index (Phi) is 4.58. The van der Waals surface area contributed by atoms with Crippen LogP contribution in [0.15, 0.2) is 0 Å². The molecule has 4 nitrogen and oxygen atoms in total. The van der Waals surface area contributed by atoms with Gasteiger partial charge in [-0.2, -0.15) is 0 Å². The van der Waals surface area contributed by atoms with Crippen LogP contribution in [0.4, 0.5) is 0 Å². The number of hydrogen-bond acceptors (Lipinski definition) is 4. The molecule has 0 aromatic rings. The molecule has 0 aromatic heterocycles. The molecule has 0 aromatic carbocycles. The number of rotatable bonds is 4. The van der Waals surface area contributed by atoms with Gasteiger partial charge in [-0.3, -0.25) is 4.90 Å². The second-order valence-electron chi connectivity index (χ2n) is 4.91. The maximum atomic E-state index is 9.10. The number of hydrogen-bond donors (Lipinski definition) is 1. The zero-order chi connectivity index (χ0) is 11.4. The van der Waals surface area contributed by atoms with Crippen molar-refractivity contribution in [3.63, 3.8) is 0 Å². The molecule has 94 valence electrons. The molecule has 16 heavy (non-hydrogen) atoms. The first-order chi connectivity index (χ1) is 7.79. The third-order valence-electron chi connectivity index (χ3n) is 3.60. The average molecular weight is 229 g/mol. The van der Waals surface area contributed by atoms with E-state index < -0.39 is 0 Å². The van der Waals surface area contributed by atoms with E-state index in [0.717, 1.165) is 32.7 Å². The molecule has 0 spiro atoms. The van der Waals surface area contributed by atoms with Crippen LogP contribution < -0.4 is 0 Å². The van der Waals surface area contributed by atoms with Crippen LogP contribution in [0, 0.1) is 0 Å². The Balaban J connectivity index is 1.73. The van der Waals surface area contributed by atoms with Crippen LogP contribution in [0.25, 0.3) is 0 Å². The molecule has 3 atom stereocenters. The van der Waals surface area contributed by atoms with Gasteiger partial charge in [0.15, 0.2) is 0 Å². The zero-order valence-electron chi connectivity index (χ0n) is 10.1. The highest BCUT2D eigenvalue weighted by Crippen LogP contribution is 2.18. The molecule has 0 saturated carbocycles. The van der Waals surface area contributed by atoms with Gasteiger partial charge in [0.05, 0.1) is 25.4 Å². The largest absolute Gasteiger partial charge is 0.394 e. The number of nitrogens with zero attached hydrogens (tertiary/aromatic N) is 1. The molecule has 3 unspecified atom stereocenters. The monoisotopic (exact) mass is 229 g/mol. The van der Waals surface area contributed by atoms with Crippen LogP contribution in [0.2, 0.25) is 0 Å². The molecule has 1 N–H and O–H groups in total. The Morgan fingerprint density at radius 3 is 2.88 bits per heavy atom. The molecule has 2 aliphatic rings. The van der Waals surface area contributed by atoms with Crippen molar-refractivity contribution >= 4 is 0 Å². The van der Waals surface area contributed by atoms with Gasteiger partial charge in [-0.05, 0) is 26.2 Å². The van der Waals surface area contributed by atoms with E-state index in [1.54, 1.807) is 0 Å². The molecule has 2 heterocycles. The minimum absolute atomic E-state index is 0.000645. The Bertz CT molecular complexity index is 206. The number of morpholine rings is 1. The van der Waals surface area contributed by atoms with Crippen molar-refractivity contribution in [1.82, 2.24) is 4.90 Å². The third kappa shape index (κ3) is 3.17. The summed E-state index contributed by atoms with van der Waals surface area (Å²) in [5.74, 6) is 0. The van der Waals surface area contributed by atoms with E-state index in [-0.39, 0.29) is 12.7 Å². The molecule has 0 amide bonds. The molecular weight excluding hydrogens is 206 g/mol. The molecule has 4 heteroatoms. The van der Waals surface area contributed by atoms with Crippen LogP contribution in [-0.2, 0) is 9.47 Å². The summed E-state index contributed by atoms with van der Waals surface area (Å²) in [6.07, 6.45) is 4.00. The number of aliphatic hydroxyl groups is 1. The van der Waals surface area contributed by atoms with Crippen molar-refractivity contribution in [3.05, 3.63) is 0 Å². The standard InChI is InChI=1S/C12H23NO3/c1-10-9-16-12(8-14)7-13(10)5-4-11-3-2-6-15-11/h10-12,14H,2-9H2,1H3. The Hall–Kier alpha value is -0.160. The fraction of sp³-hybridized carbons (Fsp3) is 1.00. The first-order valence-corrected chi connectivity index (χ1v) is 6.37. The second kappa shape index (κ2) is 5.96. The zero-order valence-corrected chi connectivity index (χ0v) is 10.1. The third-order valence-corrected chi connectivity index (χ3v) is 3.60. The molecule has 2 saturated heterocycles. The lowest BCUT2D eigenvalue weighted by atomic mass is 10.1. The predicted molar refractivity (Wildman–Crippen MR) is 61.5 cm³/mol. The van der Waals surface area contributed by atoms with Crippen molar-refractivity contribution in [2.75, 3.05) is 32.9 Å². The van der Waals surface area contributed by atoms with Crippen molar-refractivity contribution in [3.8, 4) is 0 Å². The summed E-state index contributed by atoms with van der Waals surface area (Å²) in [5, 5.41) is 9.10. The van der Waals surface area contributed by atoms with E-state index in [9.17, 15) is 0 Å². The maximum absolute atomic E-state index is 9.10. The van der Waals surface area contributed by atoms with Gasteiger partial charge in [0.2, 0.25) is 0 Å². The highest BCUT2D eigenvalue weighted by Gasteiger charge is 2.26. The average Bonchev–Trinajstić information content (AvgIpc) is 2.81. The maximum Gasteiger partial charge on any atom is 0.0933 e. The first kappa shape index (κ1) is 12.3. The van der Waals surface area contributed by atoms with Gasteiger partial charge in [-0.15, -0.1) is 0 Å². The normalized spacial score (nSPS) is 36.8. The second-order valence-corrected chi connectivity index (χ2v) is 4.91. The minimum Gasteiger partial charge on any atom is -0.394 e. The van der Waals surface area contributed by atoms with Crippen LogP contribution in [0.1, 0.15) is 26.2 Å². The van der Waals surface area contributed by atoms with Crippen LogP contribution in [-0.4, -0.2) is 61.2 Å². The Morgan fingerprint density at radius 1 is 1.31 bits per heavy atom. The van der Waals surface area contributed by atoms with Crippen LogP contribution in [0.3, 0.4) is 0 Å². The van der Waals surface area contributed by atoms with Gasteiger partial charge < -0.3 is 14.6 Å². The molecule has 2 aliphatic heterocycles. The lowest BCUT2D eigenvalue weighted by molar-refractivity contribution is -0.0803. The molecule has 2 rings (SSSR count). The van der Waals surface area contributed by atoms with E-state index in [2.05, 4.69) is 11.8 Å². The van der Waals surface area contributed by atoms with Gasteiger partial charge >= 0.3 is 0 Å². The summed E-state index contributed by atoms with van der Waals surface area (Å²) in [6.45, 7) is 5.89. The van der Waals surface area contributed by atoms with E-state index in [1.165, 1.54) is 12.8 Å². The summed E-state index contributed by atoms with van der Waals surface area (Å²) in [5.41, 5.74) is 0.